The quantitative estimate of drug-likeness (QED) is 0.477. The highest BCUT2D eigenvalue weighted by Crippen LogP contribution is 2.36. The molecule has 0 atom stereocenters. The second kappa shape index (κ2) is 9.24. The molecule has 2 aromatic rings. The molecule has 0 radical (unpaired) electrons. The van der Waals surface area contributed by atoms with Crippen LogP contribution in [0.1, 0.15) is 44.2 Å². The number of nitrogens with two attached hydrogens (primary N) is 2. The van der Waals surface area contributed by atoms with Crippen LogP contribution in [0.25, 0.3) is 16.6 Å². The number of benzene rings is 1. The van der Waals surface area contributed by atoms with Crippen LogP contribution in [0.4, 0.5) is 0 Å². The first kappa shape index (κ1) is 19.0. The molecule has 1 aliphatic rings. The average molecular weight is 416 g/mol. The van der Waals surface area contributed by atoms with E-state index < -0.39 is 0 Å². The normalized spacial score (nSPS) is 15.6. The van der Waals surface area contributed by atoms with Gasteiger partial charge in [0.2, 0.25) is 0 Å². The zero-order valence-corrected chi connectivity index (χ0v) is 16.6. The molecule has 5 nitrogen and oxygen atoms in total. The number of unbranched alkanes of at least 4 members (excludes halogenated alkanes) is 3. The summed E-state index contributed by atoms with van der Waals surface area (Å²) in [5.74, 6) is 0.459. The Morgan fingerprint density at radius 1 is 1.19 bits per heavy atom. The van der Waals surface area contributed by atoms with Crippen molar-refractivity contribution < 1.29 is 0 Å². The van der Waals surface area contributed by atoms with Crippen LogP contribution in [0.2, 0.25) is 0 Å². The first-order valence-electron chi connectivity index (χ1n) is 9.31. The second-order valence-electron chi connectivity index (χ2n) is 6.77. The fraction of sp³-hybridized carbons (Fsp3) is 0.450. The molecule has 138 valence electrons. The third-order valence-corrected chi connectivity index (χ3v) is 5.06. The van der Waals surface area contributed by atoms with Crippen molar-refractivity contribution in [3.8, 4) is 0 Å². The van der Waals surface area contributed by atoms with Crippen LogP contribution in [0.5, 0.6) is 0 Å². The van der Waals surface area contributed by atoms with Crippen LogP contribution in [0.15, 0.2) is 39.6 Å². The molecule has 3 rings (SSSR count). The maximum atomic E-state index is 6.41. The maximum absolute atomic E-state index is 6.41. The molecule has 0 spiro atoms. The lowest BCUT2D eigenvalue weighted by atomic mass is 10.1. The fourth-order valence-electron chi connectivity index (χ4n) is 2.87. The second-order valence-corrected chi connectivity index (χ2v) is 7.69. The molecular formula is C20H26BrN5. The van der Waals surface area contributed by atoms with Crippen LogP contribution in [-0.4, -0.2) is 29.3 Å². The van der Waals surface area contributed by atoms with Crippen molar-refractivity contribution in [2.45, 2.75) is 38.5 Å². The van der Waals surface area contributed by atoms with Crippen molar-refractivity contribution in [3.63, 3.8) is 0 Å². The van der Waals surface area contributed by atoms with E-state index in [-0.39, 0.29) is 0 Å². The Kier molecular flexibility index (Phi) is 6.74. The number of aliphatic imine (C=N–C) groups is 1. The van der Waals surface area contributed by atoms with E-state index in [0.29, 0.717) is 5.92 Å². The summed E-state index contributed by atoms with van der Waals surface area (Å²) in [7, 11) is 0. The van der Waals surface area contributed by atoms with Gasteiger partial charge < -0.3 is 11.5 Å². The molecule has 0 amide bonds. The molecular weight excluding hydrogens is 390 g/mol. The SMILES string of the molecule is NCCCCCCN=CC(=C(N)C1CC1)c1cnc2ccc(Br)cc2n1. The minimum absolute atomic E-state index is 0.459. The molecule has 0 aliphatic heterocycles. The zero-order valence-electron chi connectivity index (χ0n) is 15.0. The number of rotatable bonds is 9. The lowest BCUT2D eigenvalue weighted by molar-refractivity contribution is 0.654. The molecule has 1 fully saturated rings. The topological polar surface area (TPSA) is 90.2 Å². The summed E-state index contributed by atoms with van der Waals surface area (Å²) in [6.07, 6.45) is 10.5. The third kappa shape index (κ3) is 5.11. The molecule has 0 unspecified atom stereocenters. The van der Waals surface area contributed by atoms with Gasteiger partial charge >= 0.3 is 0 Å². The summed E-state index contributed by atoms with van der Waals surface area (Å²) in [5.41, 5.74) is 16.3. The fourth-order valence-corrected chi connectivity index (χ4v) is 3.22. The largest absolute Gasteiger partial charge is 0.401 e. The predicted octanol–water partition coefficient (Wildman–Crippen LogP) is 4.06. The van der Waals surface area contributed by atoms with Crippen LogP contribution < -0.4 is 11.5 Å². The van der Waals surface area contributed by atoms with Gasteiger partial charge in [-0.25, -0.2) is 4.98 Å². The Labute approximate surface area is 163 Å². The monoisotopic (exact) mass is 415 g/mol. The molecule has 26 heavy (non-hydrogen) atoms. The average Bonchev–Trinajstić information content (AvgIpc) is 3.48. The van der Waals surface area contributed by atoms with E-state index in [1.54, 1.807) is 6.20 Å². The summed E-state index contributed by atoms with van der Waals surface area (Å²) in [6, 6.07) is 5.91. The minimum Gasteiger partial charge on any atom is -0.401 e. The summed E-state index contributed by atoms with van der Waals surface area (Å²) in [6.45, 7) is 1.57. The lowest BCUT2D eigenvalue weighted by Crippen LogP contribution is -2.07. The zero-order chi connectivity index (χ0) is 18.4. The molecule has 1 aliphatic carbocycles. The Morgan fingerprint density at radius 3 is 2.77 bits per heavy atom. The van der Waals surface area contributed by atoms with E-state index >= 15 is 0 Å². The van der Waals surface area contributed by atoms with Crippen molar-refractivity contribution in [1.82, 2.24) is 9.97 Å². The smallest absolute Gasteiger partial charge is 0.0925 e. The first-order valence-corrected chi connectivity index (χ1v) is 10.1. The van der Waals surface area contributed by atoms with Crippen molar-refractivity contribution in [2.24, 2.45) is 22.4 Å². The first-order chi connectivity index (χ1) is 12.7. The van der Waals surface area contributed by atoms with Gasteiger partial charge in [-0.15, -0.1) is 0 Å². The van der Waals surface area contributed by atoms with Crippen molar-refractivity contribution >= 4 is 38.8 Å². The molecule has 4 N–H and O–H groups in total. The molecule has 1 aromatic carbocycles. The van der Waals surface area contributed by atoms with E-state index in [4.69, 9.17) is 16.5 Å². The number of nitrogens with zero attached hydrogens (tertiary/aromatic N) is 3. The number of halogens is 1. The highest BCUT2D eigenvalue weighted by Gasteiger charge is 2.27. The predicted molar refractivity (Wildman–Crippen MR) is 112 cm³/mol. The molecule has 0 bridgehead atoms. The van der Waals surface area contributed by atoms with E-state index in [1.807, 2.05) is 24.4 Å². The molecule has 6 heteroatoms. The third-order valence-electron chi connectivity index (χ3n) is 4.57. The van der Waals surface area contributed by atoms with Gasteiger partial charge in [-0.3, -0.25) is 9.98 Å². The highest BCUT2D eigenvalue weighted by atomic mass is 79.9. The number of allylic oxidation sites excluding steroid dienone is 2. The standard InChI is InChI=1S/C20H26BrN5/c21-15-7-8-17-18(11-15)26-19(13-25-17)16(20(23)14-5-6-14)12-24-10-4-2-1-3-9-22/h7-8,11-14H,1-6,9-10,22-23H2. The van der Waals surface area contributed by atoms with E-state index in [2.05, 4.69) is 25.9 Å². The van der Waals surface area contributed by atoms with Gasteiger partial charge in [0.25, 0.3) is 0 Å². The number of fused-ring (bicyclic) bond motifs is 1. The van der Waals surface area contributed by atoms with Gasteiger partial charge in [0.15, 0.2) is 0 Å². The Hall–Kier alpha value is -1.79. The van der Waals surface area contributed by atoms with E-state index in [9.17, 15) is 0 Å². The van der Waals surface area contributed by atoms with Crippen LogP contribution in [0, 0.1) is 5.92 Å². The van der Waals surface area contributed by atoms with Crippen molar-refractivity contribution in [3.05, 3.63) is 40.3 Å². The van der Waals surface area contributed by atoms with E-state index in [0.717, 1.165) is 77.7 Å². The van der Waals surface area contributed by atoms with Gasteiger partial charge in [-0.1, -0.05) is 28.8 Å². The summed E-state index contributed by atoms with van der Waals surface area (Å²) in [4.78, 5) is 13.9. The number of hydrogen-bond acceptors (Lipinski definition) is 5. The number of hydrogen-bond donors (Lipinski definition) is 2. The van der Waals surface area contributed by atoms with Gasteiger partial charge in [-0.2, -0.15) is 0 Å². The molecule has 1 saturated carbocycles. The summed E-state index contributed by atoms with van der Waals surface area (Å²) >= 11 is 3.49. The van der Waals surface area contributed by atoms with Crippen molar-refractivity contribution in [2.75, 3.05) is 13.1 Å². The molecule has 1 aromatic heterocycles. The minimum atomic E-state index is 0.459. The van der Waals surface area contributed by atoms with E-state index in [1.165, 1.54) is 6.42 Å². The summed E-state index contributed by atoms with van der Waals surface area (Å²) in [5, 5.41) is 0. The highest BCUT2D eigenvalue weighted by molar-refractivity contribution is 9.10. The van der Waals surface area contributed by atoms with Crippen molar-refractivity contribution in [1.29, 1.82) is 0 Å². The van der Waals surface area contributed by atoms with Gasteiger partial charge in [0, 0.05) is 28.5 Å². The Morgan fingerprint density at radius 2 is 2.00 bits per heavy atom. The number of aromatic nitrogens is 2. The van der Waals surface area contributed by atoms with Gasteiger partial charge in [0.05, 0.1) is 22.9 Å². The molecule has 0 saturated heterocycles. The summed E-state index contributed by atoms with van der Waals surface area (Å²) < 4.78 is 0.989. The Bertz CT molecular complexity index is 811. The Balaban J connectivity index is 1.78. The molecule has 1 heterocycles. The lowest BCUT2D eigenvalue weighted by Gasteiger charge is -2.08. The van der Waals surface area contributed by atoms with Crippen LogP contribution in [0.3, 0.4) is 0 Å². The maximum Gasteiger partial charge on any atom is 0.0925 e. The van der Waals surface area contributed by atoms with Crippen LogP contribution >= 0.6 is 15.9 Å². The van der Waals surface area contributed by atoms with Crippen LogP contribution in [-0.2, 0) is 0 Å². The van der Waals surface area contributed by atoms with Gasteiger partial charge in [0.1, 0.15) is 0 Å². The van der Waals surface area contributed by atoms with Gasteiger partial charge in [-0.05, 0) is 56.3 Å².